The Morgan fingerprint density at radius 1 is 1.17 bits per heavy atom. The third-order valence-corrected chi connectivity index (χ3v) is 4.54. The molecule has 0 saturated carbocycles. The number of hydrazine groups is 1. The number of hydrogen-bond donors (Lipinski definition) is 2. The predicted molar refractivity (Wildman–Crippen MR) is 95.7 cm³/mol. The summed E-state index contributed by atoms with van der Waals surface area (Å²) in [7, 11) is 1.80. The highest BCUT2D eigenvalue weighted by Gasteiger charge is 2.31. The van der Waals surface area contributed by atoms with E-state index in [0.717, 1.165) is 22.9 Å². The van der Waals surface area contributed by atoms with Crippen LogP contribution in [0.15, 0.2) is 42.5 Å². The summed E-state index contributed by atoms with van der Waals surface area (Å²) in [6, 6.07) is 12.8. The van der Waals surface area contributed by atoms with E-state index in [1.165, 1.54) is 6.07 Å². The van der Waals surface area contributed by atoms with Gasteiger partial charge in [-0.2, -0.15) is 0 Å². The first-order valence-electron chi connectivity index (χ1n) is 7.92. The minimum atomic E-state index is -0.484. The number of benzene rings is 2. The normalized spacial score (nSPS) is 14.0. The van der Waals surface area contributed by atoms with E-state index >= 15 is 0 Å². The van der Waals surface area contributed by atoms with Gasteiger partial charge in [-0.1, -0.05) is 31.2 Å². The molecule has 3 rings (SSSR count). The van der Waals surface area contributed by atoms with Crippen LogP contribution < -0.4 is 10.9 Å². The van der Waals surface area contributed by atoms with Crippen molar-refractivity contribution in [3.63, 3.8) is 0 Å². The molecule has 6 nitrogen and oxygen atoms in total. The molecule has 24 heavy (non-hydrogen) atoms. The number of nitro groups is 1. The highest BCUT2D eigenvalue weighted by molar-refractivity contribution is 6.02. The number of nitrogens with zero attached hydrogens (tertiary/aromatic N) is 2. The van der Waals surface area contributed by atoms with Gasteiger partial charge in [0.05, 0.1) is 26.9 Å². The highest BCUT2D eigenvalue weighted by Crippen LogP contribution is 2.39. The fourth-order valence-electron chi connectivity index (χ4n) is 3.25. The van der Waals surface area contributed by atoms with Gasteiger partial charge in [-0.3, -0.25) is 15.5 Å². The summed E-state index contributed by atoms with van der Waals surface area (Å²) in [6.07, 6.45) is 0.753. The van der Waals surface area contributed by atoms with Gasteiger partial charge in [-0.05, 0) is 38.1 Å². The lowest BCUT2D eigenvalue weighted by molar-refractivity contribution is -0.383. The van der Waals surface area contributed by atoms with Crippen LogP contribution in [0.5, 0.6) is 0 Å². The van der Waals surface area contributed by atoms with Gasteiger partial charge >= 0.3 is 0 Å². The van der Waals surface area contributed by atoms with Crippen molar-refractivity contribution in [2.45, 2.75) is 25.8 Å². The number of fused-ring (bicyclic) bond motifs is 2. The largest absolute Gasteiger partial charge is 0.279 e. The van der Waals surface area contributed by atoms with Crippen LogP contribution in [-0.4, -0.2) is 17.0 Å². The molecule has 0 fully saturated rings. The quantitative estimate of drug-likeness (QED) is 0.425. The van der Waals surface area contributed by atoms with E-state index in [1.54, 1.807) is 13.1 Å². The Morgan fingerprint density at radius 3 is 2.54 bits per heavy atom. The van der Waals surface area contributed by atoms with Gasteiger partial charge in [0, 0.05) is 11.5 Å². The number of nitrogens with one attached hydrogen (secondary N) is 2. The van der Waals surface area contributed by atoms with Crippen LogP contribution in [0.2, 0.25) is 0 Å². The standard InChI is InChI=1S/C18H20N4O2/c1-4-18(2,21-19-3)17-12-8-5-6-9-13(12)20-14-10-7-11-15(16(14)17)22(23)24/h5-11,19,21H,4H2,1-3H3. The number of para-hydroxylation sites is 1. The van der Waals surface area contributed by atoms with Crippen molar-refractivity contribution in [1.29, 1.82) is 0 Å². The first-order chi connectivity index (χ1) is 11.5. The first-order valence-corrected chi connectivity index (χ1v) is 7.92. The molecule has 3 aromatic rings. The van der Waals surface area contributed by atoms with E-state index in [0.29, 0.717) is 10.9 Å². The number of aromatic nitrogens is 1. The maximum absolute atomic E-state index is 11.6. The smallest absolute Gasteiger partial charge is 0.260 e. The highest BCUT2D eigenvalue weighted by atomic mass is 16.6. The molecule has 0 bridgehead atoms. The van der Waals surface area contributed by atoms with Crippen LogP contribution in [0.3, 0.4) is 0 Å². The first kappa shape index (κ1) is 16.3. The maximum atomic E-state index is 11.6. The van der Waals surface area contributed by atoms with Crippen molar-refractivity contribution in [3.05, 3.63) is 58.1 Å². The molecule has 1 unspecified atom stereocenters. The van der Waals surface area contributed by atoms with Crippen LogP contribution in [-0.2, 0) is 5.54 Å². The van der Waals surface area contributed by atoms with E-state index < -0.39 is 5.54 Å². The molecule has 124 valence electrons. The zero-order chi connectivity index (χ0) is 17.3. The third-order valence-electron chi connectivity index (χ3n) is 4.54. The van der Waals surface area contributed by atoms with Gasteiger partial charge in [-0.25, -0.2) is 10.4 Å². The zero-order valence-corrected chi connectivity index (χ0v) is 14.0. The lowest BCUT2D eigenvalue weighted by Gasteiger charge is -2.32. The minimum Gasteiger partial charge on any atom is -0.260 e. The fraction of sp³-hybridized carbons (Fsp3) is 0.278. The van der Waals surface area contributed by atoms with Crippen LogP contribution in [0, 0.1) is 10.1 Å². The molecule has 0 aliphatic rings. The minimum absolute atomic E-state index is 0.0818. The number of hydrogen-bond acceptors (Lipinski definition) is 5. The monoisotopic (exact) mass is 324 g/mol. The molecule has 0 aliphatic carbocycles. The second-order valence-electron chi connectivity index (χ2n) is 5.99. The molecule has 1 atom stereocenters. The zero-order valence-electron chi connectivity index (χ0n) is 14.0. The van der Waals surface area contributed by atoms with E-state index in [-0.39, 0.29) is 10.6 Å². The van der Waals surface area contributed by atoms with E-state index in [1.807, 2.05) is 37.3 Å². The molecule has 0 saturated heterocycles. The van der Waals surface area contributed by atoms with Gasteiger partial charge in [0.15, 0.2) is 0 Å². The second-order valence-corrected chi connectivity index (χ2v) is 5.99. The molecular weight excluding hydrogens is 304 g/mol. The molecule has 1 aromatic heterocycles. The van der Waals surface area contributed by atoms with Gasteiger partial charge in [0.1, 0.15) is 0 Å². The van der Waals surface area contributed by atoms with Crippen LogP contribution >= 0.6 is 0 Å². The molecule has 0 amide bonds. The van der Waals surface area contributed by atoms with Crippen molar-refractivity contribution in [3.8, 4) is 0 Å². The van der Waals surface area contributed by atoms with Crippen LogP contribution in [0.25, 0.3) is 21.8 Å². The number of non-ortho nitro benzene ring substituents is 1. The van der Waals surface area contributed by atoms with E-state index in [9.17, 15) is 10.1 Å². The Hall–Kier alpha value is -2.57. The number of rotatable bonds is 5. The summed E-state index contributed by atoms with van der Waals surface area (Å²) in [6.45, 7) is 4.10. The molecule has 2 aromatic carbocycles. The number of pyridine rings is 1. The maximum Gasteiger partial charge on any atom is 0.279 e. The number of nitro benzene ring substituents is 1. The summed E-state index contributed by atoms with van der Waals surface area (Å²) < 4.78 is 0. The van der Waals surface area contributed by atoms with Gasteiger partial charge < -0.3 is 0 Å². The molecule has 6 heteroatoms. The molecule has 0 aliphatic heterocycles. The SMILES string of the molecule is CCC(C)(NNC)c1c2ccccc2nc2cccc([N+](=O)[O-])c12. The van der Waals surface area contributed by atoms with Crippen LogP contribution in [0.4, 0.5) is 5.69 Å². The van der Waals surface area contributed by atoms with Gasteiger partial charge in [0.2, 0.25) is 0 Å². The Bertz CT molecular complexity index is 925. The Kier molecular flexibility index (Phi) is 4.17. The summed E-state index contributed by atoms with van der Waals surface area (Å²) in [5.41, 5.74) is 8.23. The predicted octanol–water partition coefficient (Wildman–Crippen LogP) is 3.65. The lowest BCUT2D eigenvalue weighted by Crippen LogP contribution is -2.46. The summed E-state index contributed by atoms with van der Waals surface area (Å²) in [5.74, 6) is 0. The average Bonchev–Trinajstić information content (AvgIpc) is 2.59. The van der Waals surface area contributed by atoms with Crippen molar-refractivity contribution < 1.29 is 4.92 Å². The Balaban J connectivity index is 2.55. The van der Waals surface area contributed by atoms with Gasteiger partial charge in [0.25, 0.3) is 5.69 Å². The summed E-state index contributed by atoms with van der Waals surface area (Å²) >= 11 is 0. The fourth-order valence-corrected chi connectivity index (χ4v) is 3.25. The van der Waals surface area contributed by atoms with Crippen molar-refractivity contribution in [2.24, 2.45) is 0 Å². The van der Waals surface area contributed by atoms with Crippen molar-refractivity contribution >= 4 is 27.5 Å². The Labute approximate surface area is 140 Å². The molecular formula is C18H20N4O2. The molecule has 2 N–H and O–H groups in total. The second kappa shape index (κ2) is 6.14. The van der Waals surface area contributed by atoms with Gasteiger partial charge in [-0.15, -0.1) is 0 Å². The van der Waals surface area contributed by atoms with Crippen molar-refractivity contribution in [1.82, 2.24) is 15.8 Å². The van der Waals surface area contributed by atoms with E-state index in [4.69, 9.17) is 0 Å². The lowest BCUT2D eigenvalue weighted by atomic mass is 9.84. The summed E-state index contributed by atoms with van der Waals surface area (Å²) in [4.78, 5) is 15.9. The molecule has 0 spiro atoms. The third kappa shape index (κ3) is 2.50. The van der Waals surface area contributed by atoms with Crippen molar-refractivity contribution in [2.75, 3.05) is 7.05 Å². The average molecular weight is 324 g/mol. The molecule has 1 heterocycles. The topological polar surface area (TPSA) is 80.1 Å². The molecule has 0 radical (unpaired) electrons. The van der Waals surface area contributed by atoms with Crippen LogP contribution in [0.1, 0.15) is 25.8 Å². The Morgan fingerprint density at radius 2 is 1.88 bits per heavy atom. The summed E-state index contributed by atoms with van der Waals surface area (Å²) in [5, 5.41) is 13.1. The van der Waals surface area contributed by atoms with E-state index in [2.05, 4.69) is 22.8 Å².